The van der Waals surface area contributed by atoms with Gasteiger partial charge in [-0.3, -0.25) is 4.79 Å². The van der Waals surface area contributed by atoms with Crippen LogP contribution in [0.4, 0.5) is 0 Å². The molecule has 0 aromatic heterocycles. The van der Waals surface area contributed by atoms with Crippen molar-refractivity contribution in [3.05, 3.63) is 59.2 Å². The van der Waals surface area contributed by atoms with Gasteiger partial charge < -0.3 is 0 Å². The minimum Gasteiger partial charge on any atom is -0.298 e. The zero-order chi connectivity index (χ0) is 13.1. The highest BCUT2D eigenvalue weighted by Crippen LogP contribution is 2.30. The van der Waals surface area contributed by atoms with Gasteiger partial charge in [0.05, 0.1) is 0 Å². The highest BCUT2D eigenvalue weighted by Gasteiger charge is 2.08. The lowest BCUT2D eigenvalue weighted by molar-refractivity contribution is 0.112. The van der Waals surface area contributed by atoms with Crippen LogP contribution < -0.4 is 0 Å². The third-order valence-electron chi connectivity index (χ3n) is 3.13. The van der Waals surface area contributed by atoms with E-state index in [9.17, 15) is 4.79 Å². The summed E-state index contributed by atoms with van der Waals surface area (Å²) in [4.78, 5) is 11.0. The predicted octanol–water partition coefficient (Wildman–Crippen LogP) is 4.60. The van der Waals surface area contributed by atoms with Gasteiger partial charge in [-0.15, -0.1) is 0 Å². The molecule has 2 rings (SSSR count). The second-order valence-corrected chi connectivity index (χ2v) is 4.99. The first-order valence-electron chi connectivity index (χ1n) is 6.28. The van der Waals surface area contributed by atoms with E-state index in [0.717, 1.165) is 23.0 Å². The minimum absolute atomic E-state index is 0.474. The summed E-state index contributed by atoms with van der Waals surface area (Å²) in [5, 5.41) is 0. The van der Waals surface area contributed by atoms with Crippen molar-refractivity contribution in [1.82, 2.24) is 0 Å². The van der Waals surface area contributed by atoms with Gasteiger partial charge in [-0.05, 0) is 47.2 Å². The molecule has 0 spiro atoms. The Bertz CT molecular complexity index is 568. The maximum Gasteiger partial charge on any atom is 0.150 e. The van der Waals surface area contributed by atoms with Gasteiger partial charge in [-0.1, -0.05) is 44.2 Å². The molecule has 0 saturated heterocycles. The Labute approximate surface area is 108 Å². The molecule has 2 aromatic carbocycles. The van der Waals surface area contributed by atoms with Crippen LogP contribution in [0.3, 0.4) is 0 Å². The fourth-order valence-corrected chi connectivity index (χ4v) is 2.30. The number of benzene rings is 2. The van der Waals surface area contributed by atoms with Gasteiger partial charge >= 0.3 is 0 Å². The quantitative estimate of drug-likeness (QED) is 0.714. The summed E-state index contributed by atoms with van der Waals surface area (Å²) >= 11 is 0. The number of carbonyl (C=O) groups is 1. The Morgan fingerprint density at radius 3 is 2.44 bits per heavy atom. The Hall–Kier alpha value is -1.89. The zero-order valence-electron chi connectivity index (χ0n) is 11.1. The van der Waals surface area contributed by atoms with Crippen LogP contribution in [0.1, 0.15) is 41.3 Å². The lowest BCUT2D eigenvalue weighted by atomic mass is 9.91. The molecule has 1 heteroatoms. The maximum absolute atomic E-state index is 11.0. The van der Waals surface area contributed by atoms with Gasteiger partial charge in [0.25, 0.3) is 0 Å². The van der Waals surface area contributed by atoms with Crippen molar-refractivity contribution < 1.29 is 4.79 Å². The molecular weight excluding hydrogens is 220 g/mol. The fourth-order valence-electron chi connectivity index (χ4n) is 2.30. The molecule has 0 heterocycles. The number of carbonyl (C=O) groups excluding carboxylic acids is 1. The molecule has 0 amide bonds. The molecule has 0 unspecified atom stereocenters. The number of aldehydes is 1. The van der Waals surface area contributed by atoms with E-state index in [0.29, 0.717) is 5.92 Å². The third kappa shape index (κ3) is 2.51. The van der Waals surface area contributed by atoms with Crippen molar-refractivity contribution in [2.75, 3.05) is 0 Å². The molecule has 0 N–H and O–H groups in total. The van der Waals surface area contributed by atoms with Crippen LogP contribution in [-0.4, -0.2) is 6.29 Å². The largest absolute Gasteiger partial charge is 0.298 e. The monoisotopic (exact) mass is 238 g/mol. The molecule has 0 aliphatic heterocycles. The van der Waals surface area contributed by atoms with Crippen molar-refractivity contribution in [2.45, 2.75) is 26.7 Å². The standard InChI is InChI=1S/C17H18O/c1-12(2)16-6-4-5-7-17(16)15-9-13(3)8-14(10-15)11-18/h4-12H,1-3H3. The average molecular weight is 238 g/mol. The molecule has 0 aliphatic carbocycles. The van der Waals surface area contributed by atoms with Gasteiger partial charge in [-0.2, -0.15) is 0 Å². The van der Waals surface area contributed by atoms with Gasteiger partial charge in [0.2, 0.25) is 0 Å². The van der Waals surface area contributed by atoms with Crippen LogP contribution in [-0.2, 0) is 0 Å². The molecule has 92 valence electrons. The smallest absolute Gasteiger partial charge is 0.150 e. The van der Waals surface area contributed by atoms with Crippen LogP contribution in [0.15, 0.2) is 42.5 Å². The molecule has 18 heavy (non-hydrogen) atoms. The number of hydrogen-bond acceptors (Lipinski definition) is 1. The third-order valence-corrected chi connectivity index (χ3v) is 3.13. The first-order chi connectivity index (χ1) is 8.61. The van der Waals surface area contributed by atoms with Gasteiger partial charge in [0.15, 0.2) is 0 Å². The summed E-state index contributed by atoms with van der Waals surface area (Å²) in [6.07, 6.45) is 0.911. The van der Waals surface area contributed by atoms with E-state index in [1.165, 1.54) is 11.1 Å². The number of aryl methyl sites for hydroxylation is 1. The summed E-state index contributed by atoms with van der Waals surface area (Å²) in [6, 6.07) is 14.4. The van der Waals surface area contributed by atoms with E-state index >= 15 is 0 Å². The van der Waals surface area contributed by atoms with Crippen molar-refractivity contribution in [1.29, 1.82) is 0 Å². The topological polar surface area (TPSA) is 17.1 Å². The van der Waals surface area contributed by atoms with E-state index < -0.39 is 0 Å². The van der Waals surface area contributed by atoms with Gasteiger partial charge in [0.1, 0.15) is 6.29 Å². The highest BCUT2D eigenvalue weighted by molar-refractivity contribution is 5.80. The van der Waals surface area contributed by atoms with Crippen molar-refractivity contribution >= 4 is 6.29 Å². The van der Waals surface area contributed by atoms with Crippen LogP contribution in [0.5, 0.6) is 0 Å². The SMILES string of the molecule is Cc1cc(C=O)cc(-c2ccccc2C(C)C)c1. The lowest BCUT2D eigenvalue weighted by Crippen LogP contribution is -1.93. The number of hydrogen-bond donors (Lipinski definition) is 0. The molecule has 0 fully saturated rings. The summed E-state index contributed by atoms with van der Waals surface area (Å²) in [7, 11) is 0. The minimum atomic E-state index is 0.474. The summed E-state index contributed by atoms with van der Waals surface area (Å²) in [5.74, 6) is 0.474. The average Bonchev–Trinajstić information content (AvgIpc) is 2.38. The molecular formula is C17H18O. The zero-order valence-corrected chi connectivity index (χ0v) is 11.1. The summed E-state index contributed by atoms with van der Waals surface area (Å²) in [5.41, 5.74) is 5.53. The summed E-state index contributed by atoms with van der Waals surface area (Å²) < 4.78 is 0. The Morgan fingerprint density at radius 2 is 1.78 bits per heavy atom. The first-order valence-corrected chi connectivity index (χ1v) is 6.28. The van der Waals surface area contributed by atoms with Crippen molar-refractivity contribution in [3.8, 4) is 11.1 Å². The van der Waals surface area contributed by atoms with Crippen LogP contribution >= 0.6 is 0 Å². The van der Waals surface area contributed by atoms with Crippen LogP contribution in [0.25, 0.3) is 11.1 Å². The Balaban J connectivity index is 2.61. The van der Waals surface area contributed by atoms with Gasteiger partial charge in [0, 0.05) is 5.56 Å². The molecule has 1 nitrogen and oxygen atoms in total. The highest BCUT2D eigenvalue weighted by atomic mass is 16.1. The van der Waals surface area contributed by atoms with Crippen molar-refractivity contribution in [3.63, 3.8) is 0 Å². The van der Waals surface area contributed by atoms with Gasteiger partial charge in [-0.25, -0.2) is 0 Å². The van der Waals surface area contributed by atoms with E-state index in [2.05, 4.69) is 38.1 Å². The second-order valence-electron chi connectivity index (χ2n) is 4.99. The predicted molar refractivity (Wildman–Crippen MR) is 76.1 cm³/mol. The first kappa shape index (κ1) is 12.6. The molecule has 0 atom stereocenters. The summed E-state index contributed by atoms with van der Waals surface area (Å²) in [6.45, 7) is 6.40. The molecule has 0 aliphatic rings. The van der Waals surface area contributed by atoms with E-state index in [-0.39, 0.29) is 0 Å². The van der Waals surface area contributed by atoms with E-state index in [1.54, 1.807) is 0 Å². The van der Waals surface area contributed by atoms with Crippen LogP contribution in [0, 0.1) is 6.92 Å². The molecule has 0 bridgehead atoms. The second kappa shape index (κ2) is 5.18. The molecule has 0 radical (unpaired) electrons. The molecule has 2 aromatic rings. The Kier molecular flexibility index (Phi) is 3.61. The van der Waals surface area contributed by atoms with E-state index in [1.807, 2.05) is 25.1 Å². The van der Waals surface area contributed by atoms with E-state index in [4.69, 9.17) is 0 Å². The number of rotatable bonds is 3. The normalized spacial score (nSPS) is 10.7. The lowest BCUT2D eigenvalue weighted by Gasteiger charge is -2.13. The maximum atomic E-state index is 11.0. The molecule has 0 saturated carbocycles. The Morgan fingerprint density at radius 1 is 1.06 bits per heavy atom. The van der Waals surface area contributed by atoms with Crippen molar-refractivity contribution in [2.24, 2.45) is 0 Å². The fraction of sp³-hybridized carbons (Fsp3) is 0.235. The van der Waals surface area contributed by atoms with Crippen LogP contribution in [0.2, 0.25) is 0 Å².